The lowest BCUT2D eigenvalue weighted by atomic mass is 9.66. The predicted octanol–water partition coefficient (Wildman–Crippen LogP) is 1.90. The number of hydrogen-bond acceptors (Lipinski definition) is 5. The molecule has 9 heteroatoms. The van der Waals surface area contributed by atoms with Crippen molar-refractivity contribution in [2.45, 2.75) is 18.8 Å². The molecule has 25 heavy (non-hydrogen) atoms. The van der Waals surface area contributed by atoms with Crippen molar-refractivity contribution in [1.82, 2.24) is 4.90 Å². The van der Waals surface area contributed by atoms with Gasteiger partial charge in [0.1, 0.15) is 5.75 Å². The Bertz CT molecular complexity index is 651. The number of hydrogen-bond donors (Lipinski definition) is 2. The van der Waals surface area contributed by atoms with Crippen LogP contribution in [0.1, 0.15) is 24.3 Å². The first kappa shape index (κ1) is 18.5. The third-order valence-corrected chi connectivity index (χ3v) is 4.87. The van der Waals surface area contributed by atoms with Crippen LogP contribution in [-0.2, 0) is 4.79 Å². The number of nitro groups is 1. The van der Waals surface area contributed by atoms with E-state index in [1.807, 2.05) is 0 Å². The van der Waals surface area contributed by atoms with E-state index in [1.165, 1.54) is 7.11 Å². The summed E-state index contributed by atoms with van der Waals surface area (Å²) in [6, 6.07) is 6.51. The van der Waals surface area contributed by atoms with Crippen LogP contribution in [0.25, 0.3) is 0 Å². The third-order valence-electron chi connectivity index (χ3n) is 4.87. The Kier molecular flexibility index (Phi) is 5.45. The molecule has 2 rings (SSSR count). The number of aliphatic carboxylic acids is 1. The molecule has 1 fully saturated rings. The molecule has 9 nitrogen and oxygen atoms in total. The fraction of sp³-hybridized carbons (Fsp3) is 0.500. The molecular formula is C16H20N2O7. The van der Waals surface area contributed by atoms with Crippen molar-refractivity contribution in [3.63, 3.8) is 0 Å². The first-order chi connectivity index (χ1) is 11.8. The lowest BCUT2D eigenvalue weighted by molar-refractivity contribution is -0.486. The lowest BCUT2D eigenvalue weighted by Gasteiger charge is -2.41. The van der Waals surface area contributed by atoms with Crippen molar-refractivity contribution in [3.8, 4) is 5.75 Å². The van der Waals surface area contributed by atoms with Gasteiger partial charge < -0.3 is 19.8 Å². The van der Waals surface area contributed by atoms with Gasteiger partial charge in [-0.3, -0.25) is 14.9 Å². The Morgan fingerprint density at radius 2 is 1.84 bits per heavy atom. The molecule has 1 amide bonds. The molecule has 1 heterocycles. The summed E-state index contributed by atoms with van der Waals surface area (Å²) in [5, 5.41) is 30.1. The number of methoxy groups -OCH3 is 1. The van der Waals surface area contributed by atoms with Crippen molar-refractivity contribution in [3.05, 3.63) is 39.9 Å². The second-order valence-corrected chi connectivity index (χ2v) is 6.07. The number of likely N-dealkylation sites (tertiary alicyclic amines) is 1. The summed E-state index contributed by atoms with van der Waals surface area (Å²) in [6.07, 6.45) is -1.06. The van der Waals surface area contributed by atoms with E-state index in [4.69, 9.17) is 9.84 Å². The maximum atomic E-state index is 12.1. The SMILES string of the molecule is COc1ccc(C(C[N+](=O)[O-])C2(C(=O)O)CCN(C(=O)O)CC2)cc1. The Balaban J connectivity index is 2.39. The Labute approximate surface area is 144 Å². The minimum atomic E-state index is -1.38. The molecule has 136 valence electrons. The molecule has 2 N–H and O–H groups in total. The monoisotopic (exact) mass is 352 g/mol. The van der Waals surface area contributed by atoms with Gasteiger partial charge in [-0.25, -0.2) is 4.79 Å². The van der Waals surface area contributed by atoms with E-state index in [1.54, 1.807) is 24.3 Å². The summed E-state index contributed by atoms with van der Waals surface area (Å²) in [7, 11) is 1.49. The number of amides is 1. The second-order valence-electron chi connectivity index (χ2n) is 6.07. The fourth-order valence-electron chi connectivity index (χ4n) is 3.39. The van der Waals surface area contributed by atoms with Gasteiger partial charge in [-0.2, -0.15) is 0 Å². The van der Waals surface area contributed by atoms with E-state index in [9.17, 15) is 24.8 Å². The standard InChI is InChI=1S/C16H20N2O7/c1-25-12-4-2-11(3-5-12)13(10-18(23)24)16(14(19)20)6-8-17(9-7-16)15(21)22/h2-5,13H,6-10H2,1H3,(H,19,20)(H,21,22). The van der Waals surface area contributed by atoms with E-state index in [0.29, 0.717) is 11.3 Å². The summed E-state index contributed by atoms with van der Waals surface area (Å²) in [6.45, 7) is -0.469. The molecule has 0 spiro atoms. The lowest BCUT2D eigenvalue weighted by Crippen LogP contribution is -2.50. The maximum Gasteiger partial charge on any atom is 0.407 e. The van der Waals surface area contributed by atoms with Crippen LogP contribution in [0, 0.1) is 15.5 Å². The van der Waals surface area contributed by atoms with Crippen LogP contribution in [0.5, 0.6) is 5.75 Å². The number of nitrogens with zero attached hydrogens (tertiary/aromatic N) is 2. The predicted molar refractivity (Wildman–Crippen MR) is 86.5 cm³/mol. The van der Waals surface area contributed by atoms with E-state index >= 15 is 0 Å². The number of carbonyl (C=O) groups is 2. The quantitative estimate of drug-likeness (QED) is 0.590. The second kappa shape index (κ2) is 7.37. The zero-order valence-electron chi connectivity index (χ0n) is 13.8. The minimum absolute atomic E-state index is 0.0270. The highest BCUT2D eigenvalue weighted by Crippen LogP contribution is 2.45. The Morgan fingerprint density at radius 1 is 1.28 bits per heavy atom. The molecule has 1 aliphatic rings. The van der Waals surface area contributed by atoms with Crippen LogP contribution in [0.15, 0.2) is 24.3 Å². The zero-order valence-corrected chi connectivity index (χ0v) is 13.8. The largest absolute Gasteiger partial charge is 0.497 e. The van der Waals surface area contributed by atoms with E-state index in [0.717, 1.165) is 4.90 Å². The number of carboxylic acid groups (broad SMARTS) is 2. The smallest absolute Gasteiger partial charge is 0.407 e. The molecule has 0 saturated carbocycles. The average Bonchev–Trinajstić information content (AvgIpc) is 2.59. The topological polar surface area (TPSA) is 130 Å². The summed E-state index contributed by atoms with van der Waals surface area (Å²) >= 11 is 0. The minimum Gasteiger partial charge on any atom is -0.497 e. The van der Waals surface area contributed by atoms with Gasteiger partial charge in [0.15, 0.2) is 0 Å². The van der Waals surface area contributed by atoms with Crippen LogP contribution >= 0.6 is 0 Å². The maximum absolute atomic E-state index is 12.1. The normalized spacial score (nSPS) is 17.6. The third kappa shape index (κ3) is 3.81. The molecule has 1 saturated heterocycles. The van der Waals surface area contributed by atoms with E-state index < -0.39 is 34.9 Å². The van der Waals surface area contributed by atoms with Crippen molar-refractivity contribution in [2.24, 2.45) is 5.41 Å². The van der Waals surface area contributed by atoms with Crippen molar-refractivity contribution < 1.29 is 29.5 Å². The van der Waals surface area contributed by atoms with Crippen LogP contribution < -0.4 is 4.74 Å². The molecule has 1 atom stereocenters. The number of piperidine rings is 1. The van der Waals surface area contributed by atoms with Gasteiger partial charge in [-0.15, -0.1) is 0 Å². The van der Waals surface area contributed by atoms with Crippen LogP contribution in [-0.4, -0.2) is 58.8 Å². The van der Waals surface area contributed by atoms with Gasteiger partial charge in [0.05, 0.1) is 18.4 Å². The van der Waals surface area contributed by atoms with Gasteiger partial charge in [0, 0.05) is 18.0 Å². The van der Waals surface area contributed by atoms with Crippen LogP contribution in [0.4, 0.5) is 4.79 Å². The van der Waals surface area contributed by atoms with E-state index in [-0.39, 0.29) is 25.9 Å². The van der Waals surface area contributed by atoms with Crippen LogP contribution in [0.2, 0.25) is 0 Å². The highest BCUT2D eigenvalue weighted by Gasteiger charge is 2.51. The van der Waals surface area contributed by atoms with Gasteiger partial charge in [-0.1, -0.05) is 12.1 Å². The zero-order chi connectivity index (χ0) is 18.6. The molecule has 0 aromatic heterocycles. The van der Waals surface area contributed by atoms with Gasteiger partial charge in [-0.05, 0) is 30.5 Å². The summed E-state index contributed by atoms with van der Waals surface area (Å²) in [5.41, 5.74) is -0.850. The van der Waals surface area contributed by atoms with Crippen LogP contribution in [0.3, 0.4) is 0 Å². The highest BCUT2D eigenvalue weighted by molar-refractivity contribution is 5.77. The first-order valence-corrected chi connectivity index (χ1v) is 7.77. The van der Waals surface area contributed by atoms with Crippen molar-refractivity contribution in [1.29, 1.82) is 0 Å². The van der Waals surface area contributed by atoms with Gasteiger partial charge >= 0.3 is 12.1 Å². The van der Waals surface area contributed by atoms with Gasteiger partial charge in [0.2, 0.25) is 6.54 Å². The molecular weight excluding hydrogens is 332 g/mol. The Hall–Kier alpha value is -2.84. The number of carboxylic acids is 1. The number of rotatable bonds is 6. The summed E-state index contributed by atoms with van der Waals surface area (Å²) in [5.74, 6) is -1.43. The number of ether oxygens (including phenoxy) is 1. The fourth-order valence-corrected chi connectivity index (χ4v) is 3.39. The first-order valence-electron chi connectivity index (χ1n) is 7.77. The molecule has 1 aromatic carbocycles. The van der Waals surface area contributed by atoms with Gasteiger partial charge in [0.25, 0.3) is 0 Å². The molecule has 1 aliphatic heterocycles. The molecule has 1 unspecified atom stereocenters. The number of benzene rings is 1. The summed E-state index contributed by atoms with van der Waals surface area (Å²) < 4.78 is 5.07. The molecule has 0 radical (unpaired) electrons. The average molecular weight is 352 g/mol. The van der Waals surface area contributed by atoms with E-state index in [2.05, 4.69) is 0 Å². The van der Waals surface area contributed by atoms with Crippen molar-refractivity contribution >= 4 is 12.1 Å². The summed E-state index contributed by atoms with van der Waals surface area (Å²) in [4.78, 5) is 34.9. The molecule has 0 aliphatic carbocycles. The van der Waals surface area contributed by atoms with Crippen molar-refractivity contribution in [2.75, 3.05) is 26.7 Å². The Morgan fingerprint density at radius 3 is 2.24 bits per heavy atom. The highest BCUT2D eigenvalue weighted by atomic mass is 16.6. The molecule has 1 aromatic rings. The molecule has 0 bridgehead atoms.